The first kappa shape index (κ1) is 20.6. The molecule has 0 spiro atoms. The van der Waals surface area contributed by atoms with E-state index in [1.807, 2.05) is 6.92 Å². The molecule has 0 saturated carbocycles. The zero-order valence-corrected chi connectivity index (χ0v) is 16.0. The molecular formula is C16H22ClN3O5S. The largest absolute Gasteiger partial charge is 0.360 e. The summed E-state index contributed by atoms with van der Waals surface area (Å²) in [5, 5.41) is 5.31. The number of nitrogens with one attached hydrogen (secondary N) is 2. The summed E-state index contributed by atoms with van der Waals surface area (Å²) in [6.45, 7) is 2.77. The van der Waals surface area contributed by atoms with E-state index in [9.17, 15) is 18.0 Å². The van der Waals surface area contributed by atoms with Crippen LogP contribution in [-0.2, 0) is 24.3 Å². The molecule has 1 aromatic rings. The number of rotatable bonds is 6. The summed E-state index contributed by atoms with van der Waals surface area (Å²) >= 11 is 5.81. The van der Waals surface area contributed by atoms with Crippen molar-refractivity contribution in [2.45, 2.75) is 30.9 Å². The van der Waals surface area contributed by atoms with Gasteiger partial charge in [-0.2, -0.15) is 4.31 Å². The maximum Gasteiger partial charge on any atom is 0.309 e. The first-order chi connectivity index (χ1) is 12.4. The third-order valence-corrected chi connectivity index (χ3v) is 5.91. The number of hydrogen-bond donors (Lipinski definition) is 2. The van der Waals surface area contributed by atoms with Gasteiger partial charge in [-0.05, 0) is 37.1 Å². The van der Waals surface area contributed by atoms with Gasteiger partial charge in [0.05, 0.1) is 18.0 Å². The Morgan fingerprint density at radius 1 is 1.23 bits per heavy atom. The first-order valence-corrected chi connectivity index (χ1v) is 10.1. The predicted molar refractivity (Wildman–Crippen MR) is 96.0 cm³/mol. The van der Waals surface area contributed by atoms with E-state index in [1.54, 1.807) is 0 Å². The molecule has 0 bridgehead atoms. The lowest BCUT2D eigenvalue weighted by atomic mass is 10.3. The van der Waals surface area contributed by atoms with Crippen LogP contribution in [0, 0.1) is 0 Å². The Labute approximate surface area is 157 Å². The second-order valence-corrected chi connectivity index (χ2v) is 8.04. The van der Waals surface area contributed by atoms with Gasteiger partial charge in [0.2, 0.25) is 10.0 Å². The van der Waals surface area contributed by atoms with Gasteiger partial charge in [0.15, 0.2) is 0 Å². The quantitative estimate of drug-likeness (QED) is 0.681. The van der Waals surface area contributed by atoms with Crippen molar-refractivity contribution in [2.24, 2.45) is 0 Å². The smallest absolute Gasteiger partial charge is 0.309 e. The van der Waals surface area contributed by atoms with Crippen molar-refractivity contribution < 1.29 is 22.7 Å². The highest BCUT2D eigenvalue weighted by Gasteiger charge is 2.34. The number of ether oxygens (including phenoxy) is 1. The molecule has 2 amide bonds. The monoisotopic (exact) mass is 403 g/mol. The number of nitrogens with zero attached hydrogens (tertiary/aromatic N) is 1. The molecule has 0 radical (unpaired) electrons. The van der Waals surface area contributed by atoms with Crippen LogP contribution in [0.5, 0.6) is 0 Å². The third kappa shape index (κ3) is 5.16. The van der Waals surface area contributed by atoms with Crippen LogP contribution in [0.1, 0.15) is 19.8 Å². The van der Waals surface area contributed by atoms with Crippen molar-refractivity contribution in [3.8, 4) is 0 Å². The Bertz CT molecular complexity index is 739. The van der Waals surface area contributed by atoms with E-state index < -0.39 is 28.1 Å². The molecule has 0 aliphatic carbocycles. The summed E-state index contributed by atoms with van der Waals surface area (Å²) in [6.07, 6.45) is 0.360. The van der Waals surface area contributed by atoms with E-state index in [0.717, 1.165) is 0 Å². The molecule has 0 aromatic heterocycles. The highest BCUT2D eigenvalue weighted by molar-refractivity contribution is 7.89. The lowest BCUT2D eigenvalue weighted by Crippen LogP contribution is -2.53. The lowest BCUT2D eigenvalue weighted by molar-refractivity contribution is -0.140. The maximum atomic E-state index is 12.8. The van der Waals surface area contributed by atoms with E-state index in [1.165, 1.54) is 28.6 Å². The van der Waals surface area contributed by atoms with Crippen molar-refractivity contribution >= 4 is 33.4 Å². The van der Waals surface area contributed by atoms with E-state index in [-0.39, 0.29) is 18.0 Å². The van der Waals surface area contributed by atoms with E-state index in [0.29, 0.717) is 31.0 Å². The van der Waals surface area contributed by atoms with Gasteiger partial charge in [-0.1, -0.05) is 18.5 Å². The van der Waals surface area contributed by atoms with Gasteiger partial charge >= 0.3 is 11.8 Å². The third-order valence-electron chi connectivity index (χ3n) is 3.75. The van der Waals surface area contributed by atoms with E-state index in [4.69, 9.17) is 16.3 Å². The van der Waals surface area contributed by atoms with Crippen molar-refractivity contribution in [3.63, 3.8) is 0 Å². The van der Waals surface area contributed by atoms with Gasteiger partial charge in [-0.15, -0.1) is 0 Å². The molecular weight excluding hydrogens is 382 g/mol. The average Bonchev–Trinajstić information content (AvgIpc) is 2.64. The maximum absolute atomic E-state index is 12.8. The molecule has 1 saturated heterocycles. The number of carbonyl (C=O) groups is 2. The second-order valence-electron chi connectivity index (χ2n) is 5.71. The minimum atomic E-state index is -3.81. The molecule has 10 heteroatoms. The fourth-order valence-corrected chi connectivity index (χ4v) is 4.11. The van der Waals surface area contributed by atoms with Gasteiger partial charge in [0.25, 0.3) is 0 Å². The first-order valence-electron chi connectivity index (χ1n) is 8.31. The highest BCUT2D eigenvalue weighted by Crippen LogP contribution is 2.23. The van der Waals surface area contributed by atoms with Gasteiger partial charge in [0.1, 0.15) is 6.23 Å². The van der Waals surface area contributed by atoms with Crippen molar-refractivity contribution in [1.29, 1.82) is 0 Å². The Balaban J connectivity index is 2.06. The van der Waals surface area contributed by atoms with Crippen molar-refractivity contribution in [3.05, 3.63) is 29.3 Å². The molecule has 8 nitrogen and oxygen atoms in total. The zero-order chi connectivity index (χ0) is 19.2. The Morgan fingerprint density at radius 2 is 1.88 bits per heavy atom. The molecule has 1 aliphatic rings. The van der Waals surface area contributed by atoms with Gasteiger partial charge in [-0.25, -0.2) is 8.42 Å². The number of halogens is 1. The Hall–Kier alpha value is -1.68. The number of carbonyl (C=O) groups excluding carboxylic acids is 2. The molecule has 2 rings (SSSR count). The summed E-state index contributed by atoms with van der Waals surface area (Å²) in [5.41, 5.74) is 0. The van der Waals surface area contributed by atoms with Crippen LogP contribution in [0.2, 0.25) is 5.02 Å². The molecule has 1 heterocycles. The average molecular weight is 404 g/mol. The van der Waals surface area contributed by atoms with Crippen LogP contribution >= 0.6 is 11.6 Å². The molecule has 26 heavy (non-hydrogen) atoms. The fraction of sp³-hybridized carbons (Fsp3) is 0.500. The topological polar surface area (TPSA) is 105 Å². The number of hydrogen-bond acceptors (Lipinski definition) is 5. The minimum Gasteiger partial charge on any atom is -0.360 e. The SMILES string of the molecule is CCCNC(=O)C(=O)NC[C@H]1OCCCN1S(=O)(=O)c1ccc(Cl)cc1. The van der Waals surface area contributed by atoms with E-state index >= 15 is 0 Å². The van der Waals surface area contributed by atoms with Gasteiger partial charge < -0.3 is 15.4 Å². The molecule has 0 unspecified atom stereocenters. The zero-order valence-electron chi connectivity index (χ0n) is 14.4. The molecule has 1 aliphatic heterocycles. The van der Waals surface area contributed by atoms with Crippen LogP contribution in [0.3, 0.4) is 0 Å². The predicted octanol–water partition coefficient (Wildman–Crippen LogP) is 0.720. The number of benzene rings is 1. The van der Waals surface area contributed by atoms with E-state index in [2.05, 4.69) is 10.6 Å². The summed E-state index contributed by atoms with van der Waals surface area (Å²) in [4.78, 5) is 23.5. The van der Waals surface area contributed by atoms with Crippen LogP contribution in [0.4, 0.5) is 0 Å². The molecule has 2 N–H and O–H groups in total. The number of amides is 2. The standard InChI is InChI=1S/C16H22ClN3O5S/c1-2-8-18-15(21)16(22)19-11-14-20(9-3-10-25-14)26(23,24)13-6-4-12(17)5-7-13/h4-7,14H,2-3,8-11H2,1H3,(H,18,21)(H,19,22)/t14-/m1/s1. The highest BCUT2D eigenvalue weighted by atomic mass is 35.5. The van der Waals surface area contributed by atoms with Crippen molar-refractivity contribution in [2.75, 3.05) is 26.2 Å². The molecule has 144 valence electrons. The number of sulfonamides is 1. The summed E-state index contributed by atoms with van der Waals surface area (Å²) in [5.74, 6) is -1.58. The van der Waals surface area contributed by atoms with Crippen LogP contribution in [0.15, 0.2) is 29.2 Å². The van der Waals surface area contributed by atoms with Gasteiger partial charge in [-0.3, -0.25) is 9.59 Å². The summed E-state index contributed by atoms with van der Waals surface area (Å²) in [6, 6.07) is 5.82. The van der Waals surface area contributed by atoms with Crippen molar-refractivity contribution in [1.82, 2.24) is 14.9 Å². The Kier molecular flexibility index (Phi) is 7.39. The van der Waals surface area contributed by atoms with Crippen LogP contribution in [-0.4, -0.2) is 57.0 Å². The summed E-state index contributed by atoms with van der Waals surface area (Å²) in [7, 11) is -3.81. The second kappa shape index (κ2) is 9.31. The lowest BCUT2D eigenvalue weighted by Gasteiger charge is -2.34. The van der Waals surface area contributed by atoms with Crippen LogP contribution in [0.25, 0.3) is 0 Å². The molecule has 1 aromatic carbocycles. The Morgan fingerprint density at radius 3 is 2.54 bits per heavy atom. The van der Waals surface area contributed by atoms with Crippen LogP contribution < -0.4 is 10.6 Å². The fourth-order valence-electron chi connectivity index (χ4n) is 2.42. The molecule has 1 fully saturated rings. The normalized spacial score (nSPS) is 18.3. The van der Waals surface area contributed by atoms with Gasteiger partial charge in [0, 0.05) is 18.1 Å². The molecule has 1 atom stereocenters. The minimum absolute atomic E-state index is 0.0874. The summed E-state index contributed by atoms with van der Waals surface area (Å²) < 4.78 is 32.4.